The quantitative estimate of drug-likeness (QED) is 0.340. The number of aromatic nitrogens is 4. The molecule has 0 aliphatic rings. The summed E-state index contributed by atoms with van der Waals surface area (Å²) in [5.41, 5.74) is 2.63. The second-order valence-corrected chi connectivity index (χ2v) is 6.70. The lowest BCUT2D eigenvalue weighted by Gasteiger charge is -2.11. The molecular formula is C21H20N6O4. The van der Waals surface area contributed by atoms with Gasteiger partial charge in [-0.15, -0.1) is 0 Å². The number of nitrogens with zero attached hydrogens (tertiary/aromatic N) is 5. The Morgan fingerprint density at radius 1 is 1.06 bits per heavy atom. The highest BCUT2D eigenvalue weighted by molar-refractivity contribution is 5.82. The molecule has 0 saturated heterocycles. The van der Waals surface area contributed by atoms with E-state index in [0.717, 1.165) is 5.56 Å². The van der Waals surface area contributed by atoms with Crippen LogP contribution in [0.1, 0.15) is 11.1 Å². The van der Waals surface area contributed by atoms with Crippen molar-refractivity contribution in [3.63, 3.8) is 0 Å². The van der Waals surface area contributed by atoms with E-state index >= 15 is 0 Å². The van der Waals surface area contributed by atoms with Crippen LogP contribution in [0.2, 0.25) is 0 Å². The molecule has 0 spiro atoms. The summed E-state index contributed by atoms with van der Waals surface area (Å²) in [7, 11) is 2.92. The van der Waals surface area contributed by atoms with E-state index < -0.39 is 4.92 Å². The van der Waals surface area contributed by atoms with Gasteiger partial charge in [-0.05, 0) is 11.6 Å². The molecule has 0 amide bonds. The molecule has 4 rings (SSSR count). The molecule has 31 heavy (non-hydrogen) atoms. The van der Waals surface area contributed by atoms with Crippen molar-refractivity contribution in [2.75, 3.05) is 19.5 Å². The van der Waals surface area contributed by atoms with E-state index in [1.54, 1.807) is 17.0 Å². The Labute approximate surface area is 177 Å². The number of imidazole rings is 1. The third-order valence-corrected chi connectivity index (χ3v) is 4.83. The minimum Gasteiger partial charge on any atom is -0.493 e. The Kier molecular flexibility index (Phi) is 5.61. The highest BCUT2D eigenvalue weighted by atomic mass is 16.6. The minimum atomic E-state index is -0.446. The Hall–Kier alpha value is -4.21. The normalized spacial score (nSPS) is 10.8. The molecule has 0 radical (unpaired) electrons. The van der Waals surface area contributed by atoms with Gasteiger partial charge in [0.1, 0.15) is 11.8 Å². The van der Waals surface area contributed by atoms with Crippen LogP contribution in [0.5, 0.6) is 11.5 Å². The minimum absolute atomic E-state index is 0.0732. The molecule has 0 aliphatic heterocycles. The zero-order valence-corrected chi connectivity index (χ0v) is 17.0. The molecule has 4 aromatic rings. The molecule has 0 atom stereocenters. The van der Waals surface area contributed by atoms with Crippen LogP contribution < -0.4 is 14.8 Å². The number of hydrogen-bond donors (Lipinski definition) is 1. The maximum Gasteiger partial charge on any atom is 0.278 e. The smallest absolute Gasteiger partial charge is 0.278 e. The molecule has 0 fully saturated rings. The van der Waals surface area contributed by atoms with Crippen LogP contribution in [-0.2, 0) is 13.1 Å². The van der Waals surface area contributed by atoms with Crippen LogP contribution in [0.15, 0.2) is 55.1 Å². The van der Waals surface area contributed by atoms with E-state index in [9.17, 15) is 10.1 Å². The van der Waals surface area contributed by atoms with Crippen molar-refractivity contribution < 1.29 is 14.4 Å². The molecular weight excluding hydrogens is 400 g/mol. The van der Waals surface area contributed by atoms with E-state index in [4.69, 9.17) is 9.47 Å². The number of hydrogen-bond acceptors (Lipinski definition) is 8. The first kappa shape index (κ1) is 20.1. The van der Waals surface area contributed by atoms with Crippen molar-refractivity contribution in [2.24, 2.45) is 0 Å². The summed E-state index contributed by atoms with van der Waals surface area (Å²) in [6.07, 6.45) is 3.03. The SMILES string of the molecule is COc1cc(Cn2cnc3c(NCc4ccccc4)ncnc32)c([N+](=O)[O-])cc1OC. The van der Waals surface area contributed by atoms with E-state index in [1.165, 1.54) is 26.6 Å². The molecule has 10 heteroatoms. The standard InChI is InChI=1S/C21H20N6O4/c1-30-17-8-15(16(27(28)29)9-18(17)31-2)11-26-13-25-19-20(23-12-24-21(19)26)22-10-14-6-4-3-5-7-14/h3-9,12-13H,10-11H2,1-2H3,(H,22,23,24). The fourth-order valence-corrected chi connectivity index (χ4v) is 3.30. The Balaban J connectivity index is 1.66. The molecule has 0 unspecified atom stereocenters. The molecule has 2 heterocycles. The molecule has 2 aromatic heterocycles. The third kappa shape index (κ3) is 4.08. The zero-order valence-electron chi connectivity index (χ0n) is 17.0. The van der Waals surface area contributed by atoms with Gasteiger partial charge in [0.25, 0.3) is 5.69 Å². The number of anilines is 1. The van der Waals surface area contributed by atoms with Gasteiger partial charge in [0.2, 0.25) is 0 Å². The van der Waals surface area contributed by atoms with Crippen LogP contribution >= 0.6 is 0 Å². The fraction of sp³-hybridized carbons (Fsp3) is 0.190. The number of benzene rings is 2. The van der Waals surface area contributed by atoms with Crippen molar-refractivity contribution in [2.45, 2.75) is 13.1 Å². The maximum atomic E-state index is 11.6. The Bertz CT molecular complexity index is 1230. The van der Waals surface area contributed by atoms with Crippen LogP contribution in [0.3, 0.4) is 0 Å². The van der Waals surface area contributed by atoms with Crippen LogP contribution in [0.4, 0.5) is 11.5 Å². The van der Waals surface area contributed by atoms with Gasteiger partial charge in [-0.1, -0.05) is 30.3 Å². The summed E-state index contributed by atoms with van der Waals surface area (Å²) in [5, 5.41) is 14.9. The predicted octanol–water partition coefficient (Wildman–Crippen LogP) is 3.41. The molecule has 10 nitrogen and oxygen atoms in total. The second-order valence-electron chi connectivity index (χ2n) is 6.70. The lowest BCUT2D eigenvalue weighted by atomic mass is 10.1. The molecule has 1 N–H and O–H groups in total. The predicted molar refractivity (Wildman–Crippen MR) is 114 cm³/mol. The van der Waals surface area contributed by atoms with E-state index in [2.05, 4.69) is 20.3 Å². The summed E-state index contributed by atoms with van der Waals surface area (Å²) in [5.74, 6) is 1.30. The first-order valence-electron chi connectivity index (χ1n) is 9.43. The second kappa shape index (κ2) is 8.66. The molecule has 0 bridgehead atoms. The fourth-order valence-electron chi connectivity index (χ4n) is 3.30. The molecule has 158 valence electrons. The van der Waals surface area contributed by atoms with Crippen LogP contribution in [0, 0.1) is 10.1 Å². The molecule has 0 aliphatic carbocycles. The van der Waals surface area contributed by atoms with Crippen molar-refractivity contribution in [1.82, 2.24) is 19.5 Å². The van der Waals surface area contributed by atoms with Crippen molar-refractivity contribution in [3.8, 4) is 11.5 Å². The highest BCUT2D eigenvalue weighted by Gasteiger charge is 2.21. The first-order chi connectivity index (χ1) is 15.1. The first-order valence-corrected chi connectivity index (χ1v) is 9.43. The number of nitro benzene ring substituents is 1. The maximum absolute atomic E-state index is 11.6. The summed E-state index contributed by atoms with van der Waals surface area (Å²) in [6, 6.07) is 12.9. The lowest BCUT2D eigenvalue weighted by molar-refractivity contribution is -0.385. The van der Waals surface area contributed by atoms with Gasteiger partial charge in [0.15, 0.2) is 23.0 Å². The average molecular weight is 420 g/mol. The summed E-state index contributed by atoms with van der Waals surface area (Å²) >= 11 is 0. The molecule has 0 saturated carbocycles. The van der Waals surface area contributed by atoms with E-state index in [-0.39, 0.29) is 12.2 Å². The highest BCUT2D eigenvalue weighted by Crippen LogP contribution is 2.35. The lowest BCUT2D eigenvalue weighted by Crippen LogP contribution is -2.06. The van der Waals surface area contributed by atoms with Gasteiger partial charge in [-0.25, -0.2) is 15.0 Å². The van der Waals surface area contributed by atoms with Gasteiger partial charge < -0.3 is 19.4 Å². The topological polar surface area (TPSA) is 117 Å². The Morgan fingerprint density at radius 2 is 1.81 bits per heavy atom. The largest absolute Gasteiger partial charge is 0.493 e. The number of rotatable bonds is 8. The summed E-state index contributed by atoms with van der Waals surface area (Å²) < 4.78 is 12.2. The number of fused-ring (bicyclic) bond motifs is 1. The average Bonchev–Trinajstić information content (AvgIpc) is 3.21. The van der Waals surface area contributed by atoms with E-state index in [1.807, 2.05) is 30.3 Å². The van der Waals surface area contributed by atoms with Gasteiger partial charge in [0, 0.05) is 6.54 Å². The number of nitro groups is 1. The van der Waals surface area contributed by atoms with Gasteiger partial charge in [-0.2, -0.15) is 0 Å². The van der Waals surface area contributed by atoms with Crippen molar-refractivity contribution in [3.05, 3.63) is 76.4 Å². The van der Waals surface area contributed by atoms with Crippen LogP contribution in [-0.4, -0.2) is 38.7 Å². The number of methoxy groups -OCH3 is 2. The van der Waals surface area contributed by atoms with Crippen molar-refractivity contribution >= 4 is 22.7 Å². The Morgan fingerprint density at radius 3 is 2.52 bits per heavy atom. The van der Waals surface area contributed by atoms with Crippen molar-refractivity contribution in [1.29, 1.82) is 0 Å². The molecule has 2 aromatic carbocycles. The monoisotopic (exact) mass is 420 g/mol. The van der Waals surface area contributed by atoms with Gasteiger partial charge in [0.05, 0.1) is 43.6 Å². The zero-order chi connectivity index (χ0) is 21.8. The van der Waals surface area contributed by atoms with E-state index in [0.29, 0.717) is 40.6 Å². The number of ether oxygens (including phenoxy) is 2. The van der Waals surface area contributed by atoms with Crippen LogP contribution in [0.25, 0.3) is 11.2 Å². The summed E-state index contributed by atoms with van der Waals surface area (Å²) in [6.45, 7) is 0.767. The number of nitrogens with one attached hydrogen (secondary N) is 1. The third-order valence-electron chi connectivity index (χ3n) is 4.83. The van der Waals surface area contributed by atoms with Gasteiger partial charge >= 0.3 is 0 Å². The van der Waals surface area contributed by atoms with Gasteiger partial charge in [-0.3, -0.25) is 10.1 Å². The summed E-state index contributed by atoms with van der Waals surface area (Å²) in [4.78, 5) is 24.2.